The minimum Gasteiger partial charge on any atom is -0.393 e. The highest BCUT2D eigenvalue weighted by Crippen LogP contribution is 2.29. The van der Waals surface area contributed by atoms with Crippen LogP contribution in [0.5, 0.6) is 0 Å². The number of methoxy groups -OCH3 is 1. The summed E-state index contributed by atoms with van der Waals surface area (Å²) in [7, 11) is -2.20. The lowest BCUT2D eigenvalue weighted by molar-refractivity contribution is -0.0393. The van der Waals surface area contributed by atoms with E-state index in [1.54, 1.807) is 36.4 Å². The Morgan fingerprint density at radius 3 is 2.08 bits per heavy atom. The number of sulfone groups is 1. The van der Waals surface area contributed by atoms with Gasteiger partial charge >= 0.3 is 0 Å². The van der Waals surface area contributed by atoms with Gasteiger partial charge in [-0.25, -0.2) is 8.42 Å². The van der Waals surface area contributed by atoms with Crippen LogP contribution < -0.4 is 0 Å². The third-order valence-electron chi connectivity index (χ3n) is 4.28. The third kappa shape index (κ3) is 3.86. The van der Waals surface area contributed by atoms with E-state index in [1.807, 2.05) is 18.2 Å². The van der Waals surface area contributed by atoms with Gasteiger partial charge in [0.15, 0.2) is 9.84 Å². The van der Waals surface area contributed by atoms with E-state index in [-0.39, 0.29) is 10.6 Å². The Morgan fingerprint density at radius 2 is 1.62 bits per heavy atom. The van der Waals surface area contributed by atoms with Crippen LogP contribution >= 0.6 is 0 Å². The first kappa shape index (κ1) is 18.6. The highest BCUT2D eigenvalue weighted by atomic mass is 32.2. The van der Waals surface area contributed by atoms with Gasteiger partial charge < -0.3 is 9.84 Å². The van der Waals surface area contributed by atoms with Crippen LogP contribution in [0.3, 0.4) is 0 Å². The SMILES string of the molecule is COC(CO)(CS(=O)(=O)c1ccc(C(C)C)cc1)c1ccccc1. The van der Waals surface area contributed by atoms with E-state index in [4.69, 9.17) is 4.74 Å². The predicted molar refractivity (Wildman–Crippen MR) is 94.8 cm³/mol. The van der Waals surface area contributed by atoms with Gasteiger partial charge in [0.05, 0.1) is 17.3 Å². The standard InChI is InChI=1S/C19H24O4S/c1-15(2)16-9-11-18(12-10-16)24(21,22)14-19(13-20,23-3)17-7-5-4-6-8-17/h4-12,15,20H,13-14H2,1-3H3. The van der Waals surface area contributed by atoms with Crippen molar-refractivity contribution in [2.45, 2.75) is 30.3 Å². The van der Waals surface area contributed by atoms with Crippen LogP contribution in [0, 0.1) is 0 Å². The maximum atomic E-state index is 12.8. The van der Waals surface area contributed by atoms with E-state index in [2.05, 4.69) is 13.8 Å². The van der Waals surface area contributed by atoms with Crippen molar-refractivity contribution in [1.29, 1.82) is 0 Å². The molecule has 1 atom stereocenters. The van der Waals surface area contributed by atoms with Crippen LogP contribution in [-0.4, -0.2) is 33.0 Å². The molecule has 0 radical (unpaired) electrons. The first-order valence-corrected chi connectivity index (χ1v) is 9.54. The molecule has 4 nitrogen and oxygen atoms in total. The van der Waals surface area contributed by atoms with Crippen molar-refractivity contribution in [3.05, 3.63) is 65.7 Å². The van der Waals surface area contributed by atoms with Crippen LogP contribution in [0.25, 0.3) is 0 Å². The monoisotopic (exact) mass is 348 g/mol. The summed E-state index contributed by atoms with van der Waals surface area (Å²) in [5.74, 6) is 0.0134. The Labute approximate surface area is 144 Å². The molecule has 24 heavy (non-hydrogen) atoms. The fourth-order valence-electron chi connectivity index (χ4n) is 2.65. The van der Waals surface area contributed by atoms with Gasteiger partial charge in [0.2, 0.25) is 0 Å². The van der Waals surface area contributed by atoms with Gasteiger partial charge in [-0.1, -0.05) is 56.3 Å². The zero-order chi connectivity index (χ0) is 17.8. The lowest BCUT2D eigenvalue weighted by Crippen LogP contribution is -2.40. The number of rotatable bonds is 7. The Bertz CT molecular complexity index is 746. The average Bonchev–Trinajstić information content (AvgIpc) is 2.60. The fourth-order valence-corrected chi connectivity index (χ4v) is 4.36. The molecule has 0 aliphatic rings. The molecule has 2 aromatic carbocycles. The molecular formula is C19H24O4S. The van der Waals surface area contributed by atoms with Crippen LogP contribution in [0.15, 0.2) is 59.5 Å². The molecular weight excluding hydrogens is 324 g/mol. The summed E-state index contributed by atoms with van der Waals surface area (Å²) in [6.07, 6.45) is 0. The largest absolute Gasteiger partial charge is 0.393 e. The highest BCUT2D eigenvalue weighted by molar-refractivity contribution is 7.91. The molecule has 130 valence electrons. The van der Waals surface area contributed by atoms with Gasteiger partial charge in [0.25, 0.3) is 0 Å². The van der Waals surface area contributed by atoms with Crippen molar-refractivity contribution < 1.29 is 18.3 Å². The van der Waals surface area contributed by atoms with E-state index in [1.165, 1.54) is 7.11 Å². The van der Waals surface area contributed by atoms with Crippen molar-refractivity contribution in [3.63, 3.8) is 0 Å². The van der Waals surface area contributed by atoms with E-state index < -0.39 is 22.0 Å². The molecule has 2 aromatic rings. The molecule has 0 aromatic heterocycles. The molecule has 0 fully saturated rings. The van der Waals surface area contributed by atoms with Crippen molar-refractivity contribution >= 4 is 9.84 Å². The minimum atomic E-state index is -3.62. The Morgan fingerprint density at radius 1 is 1.04 bits per heavy atom. The Kier molecular flexibility index (Phi) is 5.80. The summed E-state index contributed by atoms with van der Waals surface area (Å²) < 4.78 is 31.1. The van der Waals surface area contributed by atoms with E-state index in [0.29, 0.717) is 11.5 Å². The van der Waals surface area contributed by atoms with Gasteiger partial charge in [-0.05, 0) is 29.2 Å². The minimum absolute atomic E-state index is 0.234. The quantitative estimate of drug-likeness (QED) is 0.835. The van der Waals surface area contributed by atoms with Crippen molar-refractivity contribution in [3.8, 4) is 0 Å². The van der Waals surface area contributed by atoms with Crippen LogP contribution in [0.1, 0.15) is 30.9 Å². The Hall–Kier alpha value is -1.69. The van der Waals surface area contributed by atoms with Gasteiger partial charge in [-0.2, -0.15) is 0 Å². The molecule has 5 heteroatoms. The number of aliphatic hydroxyl groups excluding tert-OH is 1. The van der Waals surface area contributed by atoms with Crippen LogP contribution in [-0.2, 0) is 20.2 Å². The first-order chi connectivity index (χ1) is 11.3. The molecule has 0 aliphatic carbocycles. The third-order valence-corrected chi connectivity index (χ3v) is 6.11. The van der Waals surface area contributed by atoms with E-state index in [0.717, 1.165) is 5.56 Å². The second-order valence-corrected chi connectivity index (χ2v) is 8.19. The first-order valence-electron chi connectivity index (χ1n) is 7.89. The second-order valence-electron chi connectivity index (χ2n) is 6.21. The average molecular weight is 348 g/mol. The summed E-state index contributed by atoms with van der Waals surface area (Å²) in [6.45, 7) is 3.69. The second kappa shape index (κ2) is 7.47. The molecule has 1 unspecified atom stereocenters. The van der Waals surface area contributed by atoms with Crippen molar-refractivity contribution in [2.24, 2.45) is 0 Å². The van der Waals surface area contributed by atoms with Crippen molar-refractivity contribution in [2.75, 3.05) is 19.5 Å². The number of hydrogen-bond acceptors (Lipinski definition) is 4. The summed E-state index contributed by atoms with van der Waals surface area (Å²) >= 11 is 0. The predicted octanol–water partition coefficient (Wildman–Crippen LogP) is 3.12. The number of benzene rings is 2. The van der Waals surface area contributed by atoms with Crippen molar-refractivity contribution in [1.82, 2.24) is 0 Å². The number of ether oxygens (including phenoxy) is 1. The maximum absolute atomic E-state index is 12.8. The van der Waals surface area contributed by atoms with Crippen LogP contribution in [0.4, 0.5) is 0 Å². The van der Waals surface area contributed by atoms with Crippen LogP contribution in [0.2, 0.25) is 0 Å². The zero-order valence-corrected chi connectivity index (χ0v) is 15.1. The lowest BCUT2D eigenvalue weighted by Gasteiger charge is -2.30. The summed E-state index contributed by atoms with van der Waals surface area (Å²) in [6, 6.07) is 15.8. The summed E-state index contributed by atoms with van der Waals surface area (Å²) in [5.41, 5.74) is 0.436. The molecule has 0 aliphatic heterocycles. The fraction of sp³-hybridized carbons (Fsp3) is 0.368. The number of hydrogen-bond donors (Lipinski definition) is 1. The smallest absolute Gasteiger partial charge is 0.181 e. The highest BCUT2D eigenvalue weighted by Gasteiger charge is 2.37. The molecule has 0 amide bonds. The maximum Gasteiger partial charge on any atom is 0.181 e. The van der Waals surface area contributed by atoms with E-state index in [9.17, 15) is 13.5 Å². The topological polar surface area (TPSA) is 63.6 Å². The molecule has 0 bridgehead atoms. The summed E-state index contributed by atoms with van der Waals surface area (Å²) in [4.78, 5) is 0.234. The number of aliphatic hydroxyl groups is 1. The van der Waals surface area contributed by atoms with Gasteiger partial charge in [0.1, 0.15) is 5.60 Å². The normalized spacial score (nSPS) is 14.5. The van der Waals surface area contributed by atoms with Gasteiger partial charge in [-0.15, -0.1) is 0 Å². The van der Waals surface area contributed by atoms with Gasteiger partial charge in [-0.3, -0.25) is 0 Å². The molecule has 0 saturated carbocycles. The molecule has 2 rings (SSSR count). The van der Waals surface area contributed by atoms with E-state index >= 15 is 0 Å². The Balaban J connectivity index is 2.38. The molecule has 0 saturated heterocycles. The molecule has 1 N–H and O–H groups in total. The summed E-state index contributed by atoms with van der Waals surface area (Å²) in [5, 5.41) is 9.87. The molecule has 0 spiro atoms. The molecule has 0 heterocycles. The zero-order valence-electron chi connectivity index (χ0n) is 14.3. The lowest BCUT2D eigenvalue weighted by atomic mass is 9.97. The van der Waals surface area contributed by atoms with Gasteiger partial charge in [0, 0.05) is 7.11 Å².